The zero-order valence-electron chi connectivity index (χ0n) is 14.0. The molecule has 0 aliphatic heterocycles. The smallest absolute Gasteiger partial charge is 0.197 e. The first kappa shape index (κ1) is 15.7. The monoisotopic (exact) mass is 377 g/mol. The number of aromatic nitrogens is 2. The average molecular weight is 377 g/mol. The molecule has 0 bridgehead atoms. The first-order valence-corrected chi connectivity index (χ1v) is 10.3. The third-order valence-electron chi connectivity index (χ3n) is 4.47. The molecule has 0 spiro atoms. The van der Waals surface area contributed by atoms with E-state index in [4.69, 9.17) is 14.8 Å². The predicted molar refractivity (Wildman–Crippen MR) is 108 cm³/mol. The van der Waals surface area contributed by atoms with Gasteiger partial charge >= 0.3 is 0 Å². The van der Waals surface area contributed by atoms with E-state index in [9.17, 15) is 0 Å². The molecule has 4 nitrogen and oxygen atoms in total. The Balaban J connectivity index is 1.80. The van der Waals surface area contributed by atoms with Crippen molar-refractivity contribution in [1.29, 1.82) is 5.41 Å². The Morgan fingerprint density at radius 3 is 2.65 bits per heavy atom. The van der Waals surface area contributed by atoms with Crippen LogP contribution in [0, 0.1) is 5.41 Å². The van der Waals surface area contributed by atoms with Crippen LogP contribution in [0.3, 0.4) is 0 Å². The Morgan fingerprint density at radius 2 is 1.85 bits per heavy atom. The van der Waals surface area contributed by atoms with Crippen LogP contribution in [0.4, 0.5) is 0 Å². The maximum absolute atomic E-state index is 8.73. The Morgan fingerprint density at radius 1 is 1.08 bits per heavy atom. The van der Waals surface area contributed by atoms with Gasteiger partial charge in [0.2, 0.25) is 0 Å². The fourth-order valence-corrected chi connectivity index (χ4v) is 4.91. The number of furan rings is 1. The summed E-state index contributed by atoms with van der Waals surface area (Å²) in [5, 5.41) is 10.6. The van der Waals surface area contributed by atoms with Crippen molar-refractivity contribution in [2.45, 2.75) is 11.7 Å². The van der Waals surface area contributed by atoms with Gasteiger partial charge in [0, 0.05) is 10.1 Å². The molecule has 0 saturated carbocycles. The molecule has 1 N–H and O–H groups in total. The van der Waals surface area contributed by atoms with Crippen LogP contribution in [0.25, 0.3) is 31.5 Å². The highest BCUT2D eigenvalue weighted by molar-refractivity contribution is 7.98. The van der Waals surface area contributed by atoms with Crippen LogP contribution in [-0.4, -0.2) is 15.8 Å². The Labute approximate surface area is 157 Å². The molecule has 0 unspecified atom stereocenters. The second-order valence-electron chi connectivity index (χ2n) is 6.06. The lowest BCUT2D eigenvalue weighted by Crippen LogP contribution is -2.23. The van der Waals surface area contributed by atoms with Gasteiger partial charge < -0.3 is 4.42 Å². The SMILES string of the molecule is CSc1nc2c(oc3c4ccccc4sc23)c(=N)n1Cc1ccccc1. The third kappa shape index (κ3) is 2.29. The lowest BCUT2D eigenvalue weighted by molar-refractivity contribution is 0.599. The molecule has 0 aliphatic rings. The number of fused-ring (bicyclic) bond motifs is 5. The second kappa shape index (κ2) is 6.00. The molecule has 3 heterocycles. The van der Waals surface area contributed by atoms with Crippen LogP contribution in [0.5, 0.6) is 0 Å². The number of nitrogens with zero attached hydrogens (tertiary/aromatic N) is 2. The highest BCUT2D eigenvalue weighted by Gasteiger charge is 2.19. The van der Waals surface area contributed by atoms with E-state index < -0.39 is 0 Å². The van der Waals surface area contributed by atoms with Gasteiger partial charge in [0.15, 0.2) is 21.8 Å². The lowest BCUT2D eigenvalue weighted by Gasteiger charge is -2.11. The molecule has 128 valence electrons. The molecule has 3 aromatic heterocycles. The summed E-state index contributed by atoms with van der Waals surface area (Å²) in [5.74, 6) is 0. The second-order valence-corrected chi connectivity index (χ2v) is 7.88. The zero-order valence-corrected chi connectivity index (χ0v) is 15.7. The average Bonchev–Trinajstić information content (AvgIpc) is 3.21. The highest BCUT2D eigenvalue weighted by Crippen LogP contribution is 2.39. The lowest BCUT2D eigenvalue weighted by atomic mass is 10.2. The van der Waals surface area contributed by atoms with Gasteiger partial charge in [-0.25, -0.2) is 4.98 Å². The summed E-state index contributed by atoms with van der Waals surface area (Å²) in [4.78, 5) is 4.86. The van der Waals surface area contributed by atoms with E-state index in [0.29, 0.717) is 17.6 Å². The molecular weight excluding hydrogens is 362 g/mol. The maximum Gasteiger partial charge on any atom is 0.197 e. The van der Waals surface area contributed by atoms with Crippen molar-refractivity contribution in [3.63, 3.8) is 0 Å². The van der Waals surface area contributed by atoms with Gasteiger partial charge in [-0.05, 0) is 24.0 Å². The van der Waals surface area contributed by atoms with E-state index in [1.807, 2.05) is 41.2 Å². The maximum atomic E-state index is 8.73. The molecule has 2 aromatic carbocycles. The van der Waals surface area contributed by atoms with Crippen molar-refractivity contribution in [3.8, 4) is 0 Å². The van der Waals surface area contributed by atoms with Crippen molar-refractivity contribution < 1.29 is 4.42 Å². The molecule has 0 amide bonds. The number of nitrogens with one attached hydrogen (secondary N) is 1. The summed E-state index contributed by atoms with van der Waals surface area (Å²) in [6.45, 7) is 0.605. The summed E-state index contributed by atoms with van der Waals surface area (Å²) in [6, 6.07) is 18.4. The standard InChI is InChI=1S/C20H15N3OS2/c1-25-20-22-15-17(19(21)23(20)11-12-7-3-2-4-8-12)24-16-13-9-5-6-10-14(13)26-18(15)16/h2-10,21H,11H2,1H3. The van der Waals surface area contributed by atoms with Gasteiger partial charge in [0.1, 0.15) is 10.2 Å². The van der Waals surface area contributed by atoms with E-state index >= 15 is 0 Å². The minimum atomic E-state index is 0.371. The van der Waals surface area contributed by atoms with E-state index in [2.05, 4.69) is 24.3 Å². The van der Waals surface area contributed by atoms with Crippen LogP contribution in [-0.2, 0) is 6.54 Å². The number of rotatable bonds is 3. The van der Waals surface area contributed by atoms with Gasteiger partial charge in [0.25, 0.3) is 0 Å². The van der Waals surface area contributed by atoms with Crippen molar-refractivity contribution in [3.05, 3.63) is 65.6 Å². The van der Waals surface area contributed by atoms with E-state index in [0.717, 1.165) is 31.9 Å². The molecule has 0 atom stereocenters. The predicted octanol–water partition coefficient (Wildman–Crippen LogP) is 5.25. The highest BCUT2D eigenvalue weighted by atomic mass is 32.2. The van der Waals surface area contributed by atoms with Gasteiger partial charge in [0.05, 0.1) is 6.54 Å². The number of hydrogen-bond donors (Lipinski definition) is 1. The zero-order chi connectivity index (χ0) is 17.7. The fourth-order valence-electron chi connectivity index (χ4n) is 3.24. The number of thioether (sulfide) groups is 1. The summed E-state index contributed by atoms with van der Waals surface area (Å²) in [7, 11) is 0. The van der Waals surface area contributed by atoms with Crippen molar-refractivity contribution >= 4 is 54.6 Å². The van der Waals surface area contributed by atoms with Gasteiger partial charge in [-0.1, -0.05) is 54.2 Å². The molecule has 0 radical (unpaired) electrons. The van der Waals surface area contributed by atoms with Gasteiger partial charge in [-0.15, -0.1) is 11.3 Å². The number of hydrogen-bond acceptors (Lipinski definition) is 5. The molecule has 5 rings (SSSR count). The third-order valence-corrected chi connectivity index (χ3v) is 6.31. The van der Waals surface area contributed by atoms with Crippen LogP contribution < -0.4 is 5.49 Å². The minimum absolute atomic E-state index is 0.371. The van der Waals surface area contributed by atoms with Gasteiger partial charge in [-0.3, -0.25) is 9.98 Å². The molecule has 5 aromatic rings. The summed E-state index contributed by atoms with van der Waals surface area (Å²) in [6.07, 6.45) is 2.00. The van der Waals surface area contributed by atoms with Crippen LogP contribution in [0.15, 0.2) is 64.2 Å². The van der Waals surface area contributed by atoms with E-state index in [1.54, 1.807) is 23.1 Å². The van der Waals surface area contributed by atoms with Crippen LogP contribution >= 0.6 is 23.1 Å². The minimum Gasteiger partial charge on any atom is -0.449 e. The number of benzene rings is 2. The normalized spacial score (nSPS) is 11.7. The first-order valence-electron chi connectivity index (χ1n) is 8.23. The van der Waals surface area contributed by atoms with Gasteiger partial charge in [-0.2, -0.15) is 0 Å². The van der Waals surface area contributed by atoms with Crippen LogP contribution in [0.2, 0.25) is 0 Å². The van der Waals surface area contributed by atoms with Crippen molar-refractivity contribution in [2.24, 2.45) is 0 Å². The molecular formula is C20H15N3OS2. The molecule has 0 saturated heterocycles. The topological polar surface area (TPSA) is 54.8 Å². The Hall–Kier alpha value is -2.57. The van der Waals surface area contributed by atoms with Crippen molar-refractivity contribution in [2.75, 3.05) is 6.26 Å². The van der Waals surface area contributed by atoms with Crippen molar-refractivity contribution in [1.82, 2.24) is 9.55 Å². The molecule has 0 fully saturated rings. The fraction of sp³-hybridized carbons (Fsp3) is 0.100. The van der Waals surface area contributed by atoms with Crippen LogP contribution in [0.1, 0.15) is 5.56 Å². The Kier molecular flexibility index (Phi) is 3.62. The summed E-state index contributed by atoms with van der Waals surface area (Å²) < 4.78 is 10.3. The number of thiophene rings is 1. The molecule has 26 heavy (non-hydrogen) atoms. The molecule has 0 aliphatic carbocycles. The quantitative estimate of drug-likeness (QED) is 0.345. The largest absolute Gasteiger partial charge is 0.449 e. The summed E-state index contributed by atoms with van der Waals surface area (Å²) in [5.41, 5.74) is 3.70. The molecule has 6 heteroatoms. The van der Waals surface area contributed by atoms with E-state index in [1.165, 1.54) is 4.70 Å². The summed E-state index contributed by atoms with van der Waals surface area (Å²) >= 11 is 3.23. The van der Waals surface area contributed by atoms with E-state index in [-0.39, 0.29) is 0 Å². The Bertz CT molecular complexity index is 1320. The first-order chi connectivity index (χ1) is 12.8.